The number of para-hydroxylation sites is 1. The Morgan fingerprint density at radius 2 is 1.64 bits per heavy atom. The second-order valence-corrected chi connectivity index (χ2v) is 9.16. The zero-order valence-electron chi connectivity index (χ0n) is 15.5. The first kappa shape index (κ1) is 19.1. The van der Waals surface area contributed by atoms with Gasteiger partial charge in [-0.15, -0.1) is 0 Å². The van der Waals surface area contributed by atoms with Gasteiger partial charge in [-0.2, -0.15) is 4.31 Å². The lowest BCUT2D eigenvalue weighted by atomic mass is 10.1. The van der Waals surface area contributed by atoms with Crippen LogP contribution in [0.4, 0.5) is 5.69 Å². The minimum absolute atomic E-state index is 0.334. The molecule has 1 aliphatic heterocycles. The summed E-state index contributed by atoms with van der Waals surface area (Å²) in [5, 5.41) is 0.628. The SMILES string of the molecule is Cc1ccc(S(=O)(=O)N2CCN(c3c(Cl)cccc3-c3ccco3)CC2)cc1. The van der Waals surface area contributed by atoms with E-state index in [4.69, 9.17) is 16.0 Å². The molecule has 5 nitrogen and oxygen atoms in total. The molecule has 1 aromatic heterocycles. The number of anilines is 1. The number of nitrogens with zero attached hydrogens (tertiary/aromatic N) is 2. The van der Waals surface area contributed by atoms with Gasteiger partial charge in [0.1, 0.15) is 5.76 Å². The minimum atomic E-state index is -3.49. The fourth-order valence-electron chi connectivity index (χ4n) is 3.48. The lowest BCUT2D eigenvalue weighted by molar-refractivity contribution is 0.385. The molecular formula is C21H21ClN2O3S. The van der Waals surface area contributed by atoms with Crippen LogP contribution < -0.4 is 4.90 Å². The monoisotopic (exact) mass is 416 g/mol. The van der Waals surface area contributed by atoms with Gasteiger partial charge in [-0.3, -0.25) is 0 Å². The molecule has 2 aromatic carbocycles. The fraction of sp³-hybridized carbons (Fsp3) is 0.238. The van der Waals surface area contributed by atoms with Crippen molar-refractivity contribution >= 4 is 27.3 Å². The van der Waals surface area contributed by atoms with Gasteiger partial charge in [0.15, 0.2) is 0 Å². The van der Waals surface area contributed by atoms with E-state index >= 15 is 0 Å². The Balaban J connectivity index is 1.56. The maximum atomic E-state index is 12.9. The molecule has 7 heteroatoms. The van der Waals surface area contributed by atoms with Gasteiger partial charge in [-0.05, 0) is 43.3 Å². The lowest BCUT2D eigenvalue weighted by Crippen LogP contribution is -2.48. The van der Waals surface area contributed by atoms with Crippen molar-refractivity contribution in [1.82, 2.24) is 4.31 Å². The van der Waals surface area contributed by atoms with E-state index in [1.807, 2.05) is 49.4 Å². The summed E-state index contributed by atoms with van der Waals surface area (Å²) in [5.74, 6) is 0.743. The molecule has 28 heavy (non-hydrogen) atoms. The number of aryl methyl sites for hydroxylation is 1. The molecule has 1 aliphatic rings. The molecule has 4 rings (SSSR count). The molecule has 0 atom stereocenters. The average molecular weight is 417 g/mol. The Kier molecular flexibility index (Phi) is 5.19. The first-order chi connectivity index (χ1) is 13.5. The molecule has 3 aromatic rings. The average Bonchev–Trinajstić information content (AvgIpc) is 3.23. The van der Waals surface area contributed by atoms with Crippen molar-refractivity contribution in [2.45, 2.75) is 11.8 Å². The number of benzene rings is 2. The van der Waals surface area contributed by atoms with Gasteiger partial charge in [0.05, 0.1) is 21.9 Å². The van der Waals surface area contributed by atoms with Gasteiger partial charge in [-0.1, -0.05) is 35.4 Å². The molecule has 0 bridgehead atoms. The molecule has 0 saturated carbocycles. The summed E-state index contributed by atoms with van der Waals surface area (Å²) < 4.78 is 33.0. The molecule has 0 radical (unpaired) electrons. The second kappa shape index (κ2) is 7.62. The van der Waals surface area contributed by atoms with Crippen molar-refractivity contribution in [3.63, 3.8) is 0 Å². The van der Waals surface area contributed by atoms with E-state index in [0.717, 1.165) is 22.6 Å². The summed E-state index contributed by atoms with van der Waals surface area (Å²) in [5.41, 5.74) is 2.83. The zero-order valence-corrected chi connectivity index (χ0v) is 17.1. The normalized spacial score (nSPS) is 15.7. The lowest BCUT2D eigenvalue weighted by Gasteiger charge is -2.36. The summed E-state index contributed by atoms with van der Waals surface area (Å²) in [7, 11) is -3.49. The van der Waals surface area contributed by atoms with Crippen LogP contribution in [-0.2, 0) is 10.0 Å². The van der Waals surface area contributed by atoms with Crippen molar-refractivity contribution in [1.29, 1.82) is 0 Å². The van der Waals surface area contributed by atoms with Crippen molar-refractivity contribution in [2.24, 2.45) is 0 Å². The summed E-state index contributed by atoms with van der Waals surface area (Å²) in [6.45, 7) is 3.86. The summed E-state index contributed by atoms with van der Waals surface area (Å²) in [4.78, 5) is 2.46. The summed E-state index contributed by atoms with van der Waals surface area (Å²) >= 11 is 6.50. The number of piperazine rings is 1. The molecule has 0 spiro atoms. The molecular weight excluding hydrogens is 396 g/mol. The first-order valence-corrected chi connectivity index (χ1v) is 10.9. The predicted molar refractivity (Wildman–Crippen MR) is 111 cm³/mol. The van der Waals surface area contributed by atoms with Crippen molar-refractivity contribution in [3.05, 3.63) is 71.4 Å². The van der Waals surface area contributed by atoms with E-state index < -0.39 is 10.0 Å². The Hall–Kier alpha value is -2.28. The van der Waals surface area contributed by atoms with Crippen LogP contribution in [0.1, 0.15) is 5.56 Å². The highest BCUT2D eigenvalue weighted by Crippen LogP contribution is 2.37. The van der Waals surface area contributed by atoms with Gasteiger partial charge in [0, 0.05) is 31.7 Å². The fourth-order valence-corrected chi connectivity index (χ4v) is 5.19. The van der Waals surface area contributed by atoms with Crippen LogP contribution in [-0.4, -0.2) is 38.9 Å². The van der Waals surface area contributed by atoms with Crippen LogP contribution >= 0.6 is 11.6 Å². The number of furan rings is 1. The molecule has 0 amide bonds. The molecule has 0 N–H and O–H groups in total. The Morgan fingerprint density at radius 3 is 2.29 bits per heavy atom. The van der Waals surface area contributed by atoms with Gasteiger partial charge in [-0.25, -0.2) is 8.42 Å². The van der Waals surface area contributed by atoms with Crippen LogP contribution in [0.3, 0.4) is 0 Å². The number of hydrogen-bond donors (Lipinski definition) is 0. The third-order valence-corrected chi connectivity index (χ3v) is 7.20. The molecule has 1 saturated heterocycles. The Labute approximate surface area is 170 Å². The minimum Gasteiger partial charge on any atom is -0.464 e. The van der Waals surface area contributed by atoms with Crippen LogP contribution in [0.2, 0.25) is 5.02 Å². The summed E-state index contributed by atoms with van der Waals surface area (Å²) in [6, 6.07) is 16.4. The Morgan fingerprint density at radius 1 is 0.929 bits per heavy atom. The predicted octanol–water partition coefficient (Wildman–Crippen LogP) is 4.42. The number of hydrogen-bond acceptors (Lipinski definition) is 4. The van der Waals surface area contributed by atoms with Crippen LogP contribution in [0.5, 0.6) is 0 Å². The highest BCUT2D eigenvalue weighted by atomic mass is 35.5. The van der Waals surface area contributed by atoms with E-state index in [9.17, 15) is 8.42 Å². The number of rotatable bonds is 4. The van der Waals surface area contributed by atoms with Crippen molar-refractivity contribution < 1.29 is 12.8 Å². The van der Waals surface area contributed by atoms with E-state index in [-0.39, 0.29) is 0 Å². The van der Waals surface area contributed by atoms with Crippen molar-refractivity contribution in [2.75, 3.05) is 31.1 Å². The quantitative estimate of drug-likeness (QED) is 0.631. The molecule has 0 unspecified atom stereocenters. The van der Waals surface area contributed by atoms with E-state index in [1.54, 1.807) is 18.4 Å². The van der Waals surface area contributed by atoms with E-state index in [1.165, 1.54) is 4.31 Å². The first-order valence-electron chi connectivity index (χ1n) is 9.11. The third kappa shape index (κ3) is 3.55. The maximum Gasteiger partial charge on any atom is 0.243 e. The zero-order chi connectivity index (χ0) is 19.7. The molecule has 2 heterocycles. The van der Waals surface area contributed by atoms with Gasteiger partial charge in [0.25, 0.3) is 0 Å². The highest BCUT2D eigenvalue weighted by Gasteiger charge is 2.30. The van der Waals surface area contributed by atoms with Crippen molar-refractivity contribution in [3.8, 4) is 11.3 Å². The van der Waals surface area contributed by atoms with Crippen LogP contribution in [0, 0.1) is 6.92 Å². The Bertz CT molecular complexity index is 1060. The second-order valence-electron chi connectivity index (χ2n) is 6.82. The van der Waals surface area contributed by atoms with Crippen LogP contribution in [0.25, 0.3) is 11.3 Å². The number of halogens is 1. The van der Waals surface area contributed by atoms with E-state index in [0.29, 0.717) is 36.1 Å². The topological polar surface area (TPSA) is 53.8 Å². The smallest absolute Gasteiger partial charge is 0.243 e. The summed E-state index contributed by atoms with van der Waals surface area (Å²) in [6.07, 6.45) is 1.63. The molecule has 146 valence electrons. The maximum absolute atomic E-state index is 12.9. The van der Waals surface area contributed by atoms with Gasteiger partial charge < -0.3 is 9.32 Å². The van der Waals surface area contributed by atoms with Gasteiger partial charge >= 0.3 is 0 Å². The molecule has 1 fully saturated rings. The standard InChI is InChI=1S/C21H21ClN2O3S/c1-16-7-9-17(10-8-16)28(25,26)24-13-11-23(12-14-24)21-18(4-2-5-19(21)22)20-6-3-15-27-20/h2-10,15H,11-14H2,1H3. The van der Waals surface area contributed by atoms with Crippen LogP contribution in [0.15, 0.2) is 70.2 Å². The van der Waals surface area contributed by atoms with Gasteiger partial charge in [0.2, 0.25) is 10.0 Å². The number of sulfonamides is 1. The highest BCUT2D eigenvalue weighted by molar-refractivity contribution is 7.89. The van der Waals surface area contributed by atoms with E-state index in [2.05, 4.69) is 4.90 Å². The third-order valence-electron chi connectivity index (χ3n) is 4.99. The largest absolute Gasteiger partial charge is 0.464 e. The molecule has 0 aliphatic carbocycles.